The summed E-state index contributed by atoms with van der Waals surface area (Å²) in [6, 6.07) is 4.32. The molecule has 0 radical (unpaired) electrons. The Bertz CT molecular complexity index is 476. The fraction of sp³-hybridized carbons (Fsp3) is 0.500. The first-order valence-corrected chi connectivity index (χ1v) is 6.61. The summed E-state index contributed by atoms with van der Waals surface area (Å²) in [7, 11) is 0. The van der Waals surface area contributed by atoms with Crippen molar-refractivity contribution in [2.24, 2.45) is 5.73 Å². The Hall–Kier alpha value is -1.76. The first-order valence-electron chi connectivity index (χ1n) is 6.61. The van der Waals surface area contributed by atoms with Crippen molar-refractivity contribution in [3.05, 3.63) is 29.8 Å². The van der Waals surface area contributed by atoms with E-state index < -0.39 is 23.9 Å². The predicted molar refractivity (Wildman–Crippen MR) is 72.8 cm³/mol. The summed E-state index contributed by atoms with van der Waals surface area (Å²) in [5, 5.41) is 2.54. The third-order valence-corrected chi connectivity index (χ3v) is 2.86. The Morgan fingerprint density at radius 3 is 2.52 bits per heavy atom. The molecule has 4 nitrogen and oxygen atoms in total. The summed E-state index contributed by atoms with van der Waals surface area (Å²) < 4.78 is 43.9. The van der Waals surface area contributed by atoms with E-state index in [1.54, 1.807) is 6.92 Å². The van der Waals surface area contributed by atoms with Crippen molar-refractivity contribution in [3.8, 4) is 5.75 Å². The Morgan fingerprint density at radius 1 is 1.38 bits per heavy atom. The largest absolute Gasteiger partial charge is 0.488 e. The molecule has 0 saturated heterocycles. The van der Waals surface area contributed by atoms with Gasteiger partial charge < -0.3 is 15.8 Å². The molecule has 0 heterocycles. The van der Waals surface area contributed by atoms with Gasteiger partial charge in [-0.3, -0.25) is 4.79 Å². The molecule has 1 rings (SSSR count). The number of alkyl halides is 3. The van der Waals surface area contributed by atoms with E-state index in [0.717, 1.165) is 6.07 Å². The summed E-state index contributed by atoms with van der Waals surface area (Å²) in [6.07, 6.45) is -4.59. The second-order valence-electron chi connectivity index (χ2n) is 4.68. The number of benzene rings is 1. The zero-order valence-corrected chi connectivity index (χ0v) is 11.9. The number of nitrogens with two attached hydrogens (primary N) is 1. The van der Waals surface area contributed by atoms with Crippen LogP contribution in [0.15, 0.2) is 24.3 Å². The lowest BCUT2D eigenvalue weighted by Crippen LogP contribution is -2.43. The summed E-state index contributed by atoms with van der Waals surface area (Å²) in [4.78, 5) is 11.4. The smallest absolute Gasteiger partial charge is 0.419 e. The summed E-state index contributed by atoms with van der Waals surface area (Å²) in [5.41, 5.74) is 4.56. The average Bonchev–Trinajstić information content (AvgIpc) is 2.42. The van der Waals surface area contributed by atoms with Crippen molar-refractivity contribution >= 4 is 5.91 Å². The highest BCUT2D eigenvalue weighted by molar-refractivity contribution is 5.80. The molecule has 3 N–H and O–H groups in total. The first kappa shape index (κ1) is 17.3. The average molecular weight is 304 g/mol. The van der Waals surface area contributed by atoms with Crippen molar-refractivity contribution in [1.29, 1.82) is 0 Å². The molecule has 1 amide bonds. The van der Waals surface area contributed by atoms with E-state index in [-0.39, 0.29) is 18.2 Å². The Balaban J connectivity index is 2.76. The SMILES string of the molecule is CCC(CNC(=O)[C@H](C)N)Oc1ccccc1C(F)(F)F. The highest BCUT2D eigenvalue weighted by atomic mass is 19.4. The van der Waals surface area contributed by atoms with E-state index in [1.807, 2.05) is 0 Å². The van der Waals surface area contributed by atoms with E-state index in [0.29, 0.717) is 6.42 Å². The maximum atomic E-state index is 12.9. The van der Waals surface area contributed by atoms with Crippen molar-refractivity contribution in [3.63, 3.8) is 0 Å². The van der Waals surface area contributed by atoms with Crippen LogP contribution in [0.2, 0.25) is 0 Å². The zero-order valence-electron chi connectivity index (χ0n) is 11.9. The number of rotatable bonds is 6. The molecule has 0 aliphatic heterocycles. The molecule has 0 bridgehead atoms. The van der Waals surface area contributed by atoms with Crippen molar-refractivity contribution in [1.82, 2.24) is 5.32 Å². The highest BCUT2D eigenvalue weighted by Crippen LogP contribution is 2.36. The van der Waals surface area contributed by atoms with Crippen LogP contribution in [-0.2, 0) is 11.0 Å². The molecular weight excluding hydrogens is 285 g/mol. The number of halogens is 3. The Morgan fingerprint density at radius 2 is 2.00 bits per heavy atom. The van der Waals surface area contributed by atoms with Gasteiger partial charge in [-0.2, -0.15) is 13.2 Å². The van der Waals surface area contributed by atoms with Gasteiger partial charge in [-0.25, -0.2) is 0 Å². The van der Waals surface area contributed by atoms with Crippen LogP contribution in [0.1, 0.15) is 25.8 Å². The molecule has 0 aliphatic rings. The predicted octanol–water partition coefficient (Wildman–Crippen LogP) is 2.33. The molecule has 0 saturated carbocycles. The van der Waals surface area contributed by atoms with Crippen LogP contribution in [0.4, 0.5) is 13.2 Å². The lowest BCUT2D eigenvalue weighted by Gasteiger charge is -2.21. The number of nitrogens with one attached hydrogen (secondary N) is 1. The third-order valence-electron chi connectivity index (χ3n) is 2.86. The number of para-hydroxylation sites is 1. The van der Waals surface area contributed by atoms with E-state index in [9.17, 15) is 18.0 Å². The standard InChI is InChI=1S/C14H19F3N2O2/c1-3-10(8-19-13(20)9(2)18)21-12-7-5-4-6-11(12)14(15,16)17/h4-7,9-10H,3,8,18H2,1-2H3,(H,19,20)/t9-,10?/m0/s1. The maximum absolute atomic E-state index is 12.9. The second kappa shape index (κ2) is 7.31. The van der Waals surface area contributed by atoms with Crippen LogP contribution < -0.4 is 15.8 Å². The van der Waals surface area contributed by atoms with Gasteiger partial charge in [0.15, 0.2) is 0 Å². The minimum absolute atomic E-state index is 0.100. The molecule has 0 aromatic heterocycles. The second-order valence-corrected chi connectivity index (χ2v) is 4.68. The van der Waals surface area contributed by atoms with E-state index in [1.165, 1.54) is 25.1 Å². The van der Waals surface area contributed by atoms with E-state index >= 15 is 0 Å². The molecule has 118 valence electrons. The van der Waals surface area contributed by atoms with Gasteiger partial charge in [0, 0.05) is 0 Å². The minimum atomic E-state index is -4.48. The summed E-state index contributed by atoms with van der Waals surface area (Å²) in [5.74, 6) is -0.618. The molecule has 0 aliphatic carbocycles. The number of hydrogen-bond donors (Lipinski definition) is 2. The number of carbonyl (C=O) groups excluding carboxylic acids is 1. The lowest BCUT2D eigenvalue weighted by atomic mass is 10.2. The van der Waals surface area contributed by atoms with Crippen LogP contribution in [0, 0.1) is 0 Å². The van der Waals surface area contributed by atoms with Gasteiger partial charge in [-0.15, -0.1) is 0 Å². The van der Waals surface area contributed by atoms with Crippen molar-refractivity contribution in [2.75, 3.05) is 6.54 Å². The molecule has 1 aromatic rings. The van der Waals surface area contributed by atoms with Gasteiger partial charge in [0.2, 0.25) is 5.91 Å². The molecule has 21 heavy (non-hydrogen) atoms. The monoisotopic (exact) mass is 304 g/mol. The number of carbonyl (C=O) groups is 1. The molecule has 7 heteroatoms. The molecule has 1 aromatic carbocycles. The van der Waals surface area contributed by atoms with E-state index in [4.69, 9.17) is 10.5 Å². The minimum Gasteiger partial charge on any atom is -0.488 e. The zero-order chi connectivity index (χ0) is 16.0. The van der Waals surface area contributed by atoms with E-state index in [2.05, 4.69) is 5.32 Å². The van der Waals surface area contributed by atoms with Crippen LogP contribution in [0.25, 0.3) is 0 Å². The van der Waals surface area contributed by atoms with Gasteiger partial charge in [-0.1, -0.05) is 19.1 Å². The summed E-state index contributed by atoms with van der Waals surface area (Å²) >= 11 is 0. The number of ether oxygens (including phenoxy) is 1. The van der Waals surface area contributed by atoms with Gasteiger partial charge in [0.05, 0.1) is 18.2 Å². The van der Waals surface area contributed by atoms with Gasteiger partial charge in [-0.05, 0) is 25.5 Å². The number of amides is 1. The first-order chi connectivity index (χ1) is 9.75. The normalized spacial score (nSPS) is 14.4. The fourth-order valence-corrected chi connectivity index (χ4v) is 1.63. The van der Waals surface area contributed by atoms with Crippen molar-refractivity contribution in [2.45, 2.75) is 38.6 Å². The van der Waals surface area contributed by atoms with Crippen molar-refractivity contribution < 1.29 is 22.7 Å². The van der Waals surface area contributed by atoms with Crippen LogP contribution in [0.3, 0.4) is 0 Å². The lowest BCUT2D eigenvalue weighted by molar-refractivity contribution is -0.139. The van der Waals surface area contributed by atoms with Gasteiger partial charge in [0.25, 0.3) is 0 Å². The number of hydrogen-bond acceptors (Lipinski definition) is 3. The van der Waals surface area contributed by atoms with Crippen LogP contribution in [0.5, 0.6) is 5.75 Å². The quantitative estimate of drug-likeness (QED) is 0.848. The Kier molecular flexibility index (Phi) is 6.02. The molecule has 0 spiro atoms. The van der Waals surface area contributed by atoms with Gasteiger partial charge in [0.1, 0.15) is 11.9 Å². The highest BCUT2D eigenvalue weighted by Gasteiger charge is 2.34. The van der Waals surface area contributed by atoms with Crippen LogP contribution in [-0.4, -0.2) is 24.6 Å². The topological polar surface area (TPSA) is 64.4 Å². The molecule has 1 unspecified atom stereocenters. The fourth-order valence-electron chi connectivity index (χ4n) is 1.63. The molecule has 2 atom stereocenters. The maximum Gasteiger partial charge on any atom is 0.419 e. The van der Waals surface area contributed by atoms with Gasteiger partial charge >= 0.3 is 6.18 Å². The molecular formula is C14H19F3N2O2. The van der Waals surface area contributed by atoms with Crippen LogP contribution >= 0.6 is 0 Å². The summed E-state index contributed by atoms with van der Waals surface area (Å²) in [6.45, 7) is 3.39. The third kappa shape index (κ3) is 5.26. The molecule has 0 fully saturated rings. The Labute approximate surface area is 121 Å².